The van der Waals surface area contributed by atoms with E-state index in [2.05, 4.69) is 53.4 Å². The molecule has 1 saturated heterocycles. The standard InChI is InChI=1S/C39H42N2O4/c1-43-38-27-30(21-22-37(38)44-29-31-14-5-2-6-15-31)13-11-12-20-36(42)35(40)28-41-25-23-34(24-26-41)45-39(32-16-7-3-8-17-32)33-18-9-4-10-19-33/h2-22,27,34-35,39H,23-26,28-29,40H2,1H3. The van der Waals surface area contributed by atoms with Gasteiger partial charge in [0.25, 0.3) is 0 Å². The Morgan fingerprint density at radius 2 is 1.47 bits per heavy atom. The fourth-order valence-corrected chi connectivity index (χ4v) is 5.48. The molecule has 1 aliphatic heterocycles. The van der Waals surface area contributed by atoms with Gasteiger partial charge in [-0.3, -0.25) is 4.79 Å². The molecule has 0 amide bonds. The van der Waals surface area contributed by atoms with Gasteiger partial charge in [0.05, 0.1) is 19.3 Å². The number of piperidine rings is 1. The molecule has 0 spiro atoms. The molecule has 0 aromatic heterocycles. The Bertz CT molecular complexity index is 1490. The highest BCUT2D eigenvalue weighted by molar-refractivity contribution is 5.94. The van der Waals surface area contributed by atoms with Crippen molar-refractivity contribution in [3.05, 3.63) is 150 Å². The lowest BCUT2D eigenvalue weighted by atomic mass is 10.00. The van der Waals surface area contributed by atoms with Crippen molar-refractivity contribution >= 4 is 11.9 Å². The first-order valence-corrected chi connectivity index (χ1v) is 15.6. The van der Waals surface area contributed by atoms with Gasteiger partial charge in [0, 0.05) is 19.6 Å². The number of ketones is 1. The van der Waals surface area contributed by atoms with Gasteiger partial charge in [-0.15, -0.1) is 0 Å². The fraction of sp³-hybridized carbons (Fsp3) is 0.256. The molecule has 0 saturated carbocycles. The lowest BCUT2D eigenvalue weighted by Gasteiger charge is -2.35. The van der Waals surface area contributed by atoms with E-state index in [1.54, 1.807) is 19.3 Å². The summed E-state index contributed by atoms with van der Waals surface area (Å²) in [5.74, 6) is 1.24. The third-order valence-electron chi connectivity index (χ3n) is 7.97. The Morgan fingerprint density at radius 3 is 2.09 bits per heavy atom. The van der Waals surface area contributed by atoms with Gasteiger partial charge in [-0.2, -0.15) is 0 Å². The zero-order chi connectivity index (χ0) is 31.3. The van der Waals surface area contributed by atoms with Crippen molar-refractivity contribution in [2.24, 2.45) is 5.73 Å². The van der Waals surface area contributed by atoms with Crippen LogP contribution in [0.3, 0.4) is 0 Å². The lowest BCUT2D eigenvalue weighted by Crippen LogP contribution is -2.46. The Morgan fingerprint density at radius 1 is 0.844 bits per heavy atom. The molecule has 1 fully saturated rings. The molecule has 2 N–H and O–H groups in total. The number of likely N-dealkylation sites (tertiary alicyclic amines) is 1. The summed E-state index contributed by atoms with van der Waals surface area (Å²) in [5, 5.41) is 0. The maximum atomic E-state index is 12.8. The molecule has 1 unspecified atom stereocenters. The van der Waals surface area contributed by atoms with Crippen molar-refractivity contribution in [3.63, 3.8) is 0 Å². The number of rotatable bonds is 14. The molecule has 4 aromatic rings. The molecule has 0 radical (unpaired) electrons. The Hall–Kier alpha value is -4.49. The van der Waals surface area contributed by atoms with E-state index in [-0.39, 0.29) is 18.0 Å². The van der Waals surface area contributed by atoms with Crippen LogP contribution in [-0.4, -0.2) is 49.6 Å². The lowest BCUT2D eigenvalue weighted by molar-refractivity contribution is -0.116. The average Bonchev–Trinajstić information content (AvgIpc) is 3.10. The highest BCUT2D eigenvalue weighted by Crippen LogP contribution is 2.31. The van der Waals surface area contributed by atoms with Crippen molar-refractivity contribution < 1.29 is 19.0 Å². The molecular formula is C39H42N2O4. The van der Waals surface area contributed by atoms with Crippen molar-refractivity contribution in [1.82, 2.24) is 4.90 Å². The highest BCUT2D eigenvalue weighted by atomic mass is 16.5. The quantitative estimate of drug-likeness (QED) is 0.124. The van der Waals surface area contributed by atoms with Gasteiger partial charge >= 0.3 is 0 Å². The molecule has 45 heavy (non-hydrogen) atoms. The van der Waals surface area contributed by atoms with Gasteiger partial charge in [-0.25, -0.2) is 0 Å². The summed E-state index contributed by atoms with van der Waals surface area (Å²) in [6.45, 7) is 2.69. The minimum atomic E-state index is -0.574. The third kappa shape index (κ3) is 9.50. The molecular weight excluding hydrogens is 560 g/mol. The Labute approximate surface area is 266 Å². The number of hydrogen-bond donors (Lipinski definition) is 1. The number of ether oxygens (including phenoxy) is 3. The number of allylic oxidation sites excluding steroid dienone is 2. The van der Waals surface area contributed by atoms with E-state index in [9.17, 15) is 4.79 Å². The molecule has 0 bridgehead atoms. The van der Waals surface area contributed by atoms with Crippen LogP contribution in [-0.2, 0) is 16.1 Å². The van der Waals surface area contributed by atoms with Gasteiger partial charge < -0.3 is 24.8 Å². The largest absolute Gasteiger partial charge is 0.493 e. The summed E-state index contributed by atoms with van der Waals surface area (Å²) in [7, 11) is 1.62. The number of carbonyl (C=O) groups excluding carboxylic acids is 1. The summed E-state index contributed by atoms with van der Waals surface area (Å²) in [6, 6.07) is 35.9. The van der Waals surface area contributed by atoms with Crippen LogP contribution in [0.1, 0.15) is 41.2 Å². The van der Waals surface area contributed by atoms with Crippen molar-refractivity contribution in [2.45, 2.75) is 37.7 Å². The molecule has 1 atom stereocenters. The molecule has 6 heteroatoms. The second-order valence-corrected chi connectivity index (χ2v) is 11.2. The first-order chi connectivity index (χ1) is 22.1. The molecule has 232 valence electrons. The molecule has 5 rings (SSSR count). The van der Waals surface area contributed by atoms with Gasteiger partial charge in [-0.05, 0) is 53.3 Å². The van der Waals surface area contributed by atoms with Gasteiger partial charge in [0.1, 0.15) is 12.7 Å². The van der Waals surface area contributed by atoms with Crippen molar-refractivity contribution in [3.8, 4) is 11.5 Å². The van der Waals surface area contributed by atoms with E-state index < -0.39 is 6.04 Å². The second-order valence-electron chi connectivity index (χ2n) is 11.2. The maximum Gasteiger partial charge on any atom is 0.173 e. The van der Waals surface area contributed by atoms with Crippen molar-refractivity contribution in [1.29, 1.82) is 0 Å². The number of benzene rings is 4. The molecule has 1 heterocycles. The minimum absolute atomic E-state index is 0.0894. The average molecular weight is 603 g/mol. The molecule has 4 aromatic carbocycles. The fourth-order valence-electron chi connectivity index (χ4n) is 5.48. The van der Waals surface area contributed by atoms with Crippen LogP contribution in [0.5, 0.6) is 11.5 Å². The summed E-state index contributed by atoms with van der Waals surface area (Å²) in [6.07, 6.45) is 8.89. The van der Waals surface area contributed by atoms with Gasteiger partial charge in [-0.1, -0.05) is 115 Å². The van der Waals surface area contributed by atoms with E-state index in [0.29, 0.717) is 24.7 Å². The van der Waals surface area contributed by atoms with Gasteiger partial charge in [0.2, 0.25) is 0 Å². The van der Waals surface area contributed by atoms with E-state index in [0.717, 1.165) is 48.2 Å². The summed E-state index contributed by atoms with van der Waals surface area (Å²) < 4.78 is 18.1. The third-order valence-corrected chi connectivity index (χ3v) is 7.97. The topological polar surface area (TPSA) is 74.0 Å². The van der Waals surface area contributed by atoms with Crippen LogP contribution >= 0.6 is 0 Å². The van der Waals surface area contributed by atoms with Crippen LogP contribution in [0.2, 0.25) is 0 Å². The SMILES string of the molecule is COc1cc(C=CC=CC(=O)C(N)CN2CCC(OC(c3ccccc3)c3ccccc3)CC2)ccc1OCc1ccccc1. The number of hydrogen-bond acceptors (Lipinski definition) is 6. The summed E-state index contributed by atoms with van der Waals surface area (Å²) >= 11 is 0. The second kappa shape index (κ2) is 16.5. The van der Waals surface area contributed by atoms with Crippen LogP contribution in [0, 0.1) is 0 Å². The maximum absolute atomic E-state index is 12.8. The first kappa shape index (κ1) is 31.9. The molecule has 6 nitrogen and oxygen atoms in total. The van der Waals surface area contributed by atoms with Crippen LogP contribution < -0.4 is 15.2 Å². The highest BCUT2D eigenvalue weighted by Gasteiger charge is 2.26. The van der Waals surface area contributed by atoms with E-state index >= 15 is 0 Å². The van der Waals surface area contributed by atoms with Crippen LogP contribution in [0.4, 0.5) is 0 Å². The van der Waals surface area contributed by atoms with Crippen molar-refractivity contribution in [2.75, 3.05) is 26.7 Å². The van der Waals surface area contributed by atoms with E-state index in [4.69, 9.17) is 19.9 Å². The number of nitrogens with zero attached hydrogens (tertiary/aromatic N) is 1. The van der Waals surface area contributed by atoms with Gasteiger partial charge in [0.15, 0.2) is 17.3 Å². The first-order valence-electron chi connectivity index (χ1n) is 15.6. The van der Waals surface area contributed by atoms with Crippen LogP contribution in [0.25, 0.3) is 6.08 Å². The molecule has 1 aliphatic rings. The zero-order valence-electron chi connectivity index (χ0n) is 25.8. The number of methoxy groups -OCH3 is 1. The normalized spacial score (nSPS) is 15.1. The summed E-state index contributed by atoms with van der Waals surface area (Å²) in [4.78, 5) is 15.0. The van der Waals surface area contributed by atoms with E-state index in [1.807, 2.05) is 72.8 Å². The Balaban J connectivity index is 1.07. The number of carbonyl (C=O) groups is 1. The van der Waals surface area contributed by atoms with Crippen LogP contribution in [0.15, 0.2) is 127 Å². The monoisotopic (exact) mass is 602 g/mol. The summed E-state index contributed by atoms with van der Waals surface area (Å²) in [5.41, 5.74) is 10.6. The predicted octanol–water partition coefficient (Wildman–Crippen LogP) is 7.01. The number of nitrogens with two attached hydrogens (primary N) is 1. The molecule has 0 aliphatic carbocycles. The Kier molecular flexibility index (Phi) is 11.7. The minimum Gasteiger partial charge on any atom is -0.493 e. The van der Waals surface area contributed by atoms with E-state index in [1.165, 1.54) is 0 Å². The zero-order valence-corrected chi connectivity index (χ0v) is 25.8. The predicted molar refractivity (Wildman–Crippen MR) is 180 cm³/mol. The smallest absolute Gasteiger partial charge is 0.173 e.